The molecule has 4 nitrogen and oxygen atoms in total. The monoisotopic (exact) mass is 228 g/mol. The predicted octanol–water partition coefficient (Wildman–Crippen LogP) is 1.79. The molecule has 0 bridgehead atoms. The summed E-state index contributed by atoms with van der Waals surface area (Å²) in [5, 5.41) is 10.7. The van der Waals surface area contributed by atoms with Gasteiger partial charge in [-0.2, -0.15) is 18.3 Å². The molecular formula is C6H4ClF3N2O2. The summed E-state index contributed by atoms with van der Waals surface area (Å²) in [6.45, 7) is 0. The number of aromatic carboxylic acids is 1. The van der Waals surface area contributed by atoms with Gasteiger partial charge >= 0.3 is 12.1 Å². The molecule has 14 heavy (non-hydrogen) atoms. The summed E-state index contributed by atoms with van der Waals surface area (Å²) in [6, 6.07) is 0. The molecule has 0 atom stereocenters. The SMILES string of the molecule is Cn1nc(C(=O)O)c(Cl)c1C(F)(F)F. The molecule has 1 rings (SSSR count). The van der Waals surface area contributed by atoms with Crippen LogP contribution >= 0.6 is 11.6 Å². The lowest BCUT2D eigenvalue weighted by atomic mass is 10.3. The molecule has 0 amide bonds. The number of rotatable bonds is 1. The number of nitrogens with zero attached hydrogens (tertiary/aromatic N) is 2. The Balaban J connectivity index is 3.40. The molecule has 78 valence electrons. The van der Waals surface area contributed by atoms with E-state index in [0.29, 0.717) is 4.68 Å². The van der Waals surface area contributed by atoms with Gasteiger partial charge in [0, 0.05) is 7.05 Å². The first-order valence-corrected chi connectivity index (χ1v) is 3.66. The molecule has 0 aliphatic heterocycles. The standard InChI is InChI=1S/C6H4ClF3N2O2/c1-12-4(6(8,9)10)2(7)3(11-12)5(13)14/h1H3,(H,13,14). The maximum atomic E-state index is 12.2. The third kappa shape index (κ3) is 1.67. The summed E-state index contributed by atoms with van der Waals surface area (Å²) < 4.78 is 37.1. The van der Waals surface area contributed by atoms with Crippen LogP contribution in [0.5, 0.6) is 0 Å². The van der Waals surface area contributed by atoms with Crippen molar-refractivity contribution in [2.75, 3.05) is 0 Å². The zero-order valence-electron chi connectivity index (χ0n) is 6.76. The molecule has 0 radical (unpaired) electrons. The van der Waals surface area contributed by atoms with Gasteiger partial charge in [-0.1, -0.05) is 11.6 Å². The van der Waals surface area contributed by atoms with Crippen molar-refractivity contribution in [3.05, 3.63) is 16.4 Å². The zero-order chi connectivity index (χ0) is 11.1. The van der Waals surface area contributed by atoms with E-state index < -0.39 is 28.6 Å². The largest absolute Gasteiger partial charge is 0.476 e. The summed E-state index contributed by atoms with van der Waals surface area (Å²) in [7, 11) is 0.973. The van der Waals surface area contributed by atoms with Gasteiger partial charge in [0.25, 0.3) is 0 Å². The Bertz CT molecular complexity index is 385. The Hall–Kier alpha value is -1.24. The van der Waals surface area contributed by atoms with Gasteiger partial charge in [0.15, 0.2) is 11.4 Å². The number of alkyl halides is 3. The lowest BCUT2D eigenvalue weighted by Crippen LogP contribution is -2.12. The van der Waals surface area contributed by atoms with Gasteiger partial charge in [0.1, 0.15) is 5.02 Å². The van der Waals surface area contributed by atoms with Crippen LogP contribution in [0.2, 0.25) is 5.02 Å². The number of carbonyl (C=O) groups is 1. The molecule has 0 unspecified atom stereocenters. The second-order valence-corrected chi connectivity index (χ2v) is 2.82. The number of aryl methyl sites for hydroxylation is 1. The Morgan fingerprint density at radius 1 is 1.57 bits per heavy atom. The van der Waals surface area contributed by atoms with Crippen LogP contribution in [0.25, 0.3) is 0 Å². The highest BCUT2D eigenvalue weighted by molar-refractivity contribution is 6.34. The normalized spacial score (nSPS) is 11.8. The van der Waals surface area contributed by atoms with Crippen LogP contribution in [-0.4, -0.2) is 20.9 Å². The minimum Gasteiger partial charge on any atom is -0.476 e. The van der Waals surface area contributed by atoms with Crippen molar-refractivity contribution in [1.82, 2.24) is 9.78 Å². The Morgan fingerprint density at radius 2 is 2.07 bits per heavy atom. The van der Waals surface area contributed by atoms with Gasteiger partial charge < -0.3 is 5.11 Å². The van der Waals surface area contributed by atoms with Crippen LogP contribution in [0, 0.1) is 0 Å². The number of carboxylic acids is 1. The second kappa shape index (κ2) is 3.16. The molecule has 1 aromatic rings. The minimum atomic E-state index is -4.72. The average molecular weight is 229 g/mol. The van der Waals surface area contributed by atoms with Crippen LogP contribution in [0.15, 0.2) is 0 Å². The summed E-state index contributed by atoms with van der Waals surface area (Å²) in [4.78, 5) is 10.4. The van der Waals surface area contributed by atoms with E-state index in [0.717, 1.165) is 7.05 Å². The number of carboxylic acid groups (broad SMARTS) is 1. The van der Waals surface area contributed by atoms with Gasteiger partial charge in [0.05, 0.1) is 0 Å². The number of hydrogen-bond acceptors (Lipinski definition) is 2. The van der Waals surface area contributed by atoms with Crippen molar-refractivity contribution in [3.63, 3.8) is 0 Å². The molecule has 1 heterocycles. The van der Waals surface area contributed by atoms with Gasteiger partial charge in [-0.25, -0.2) is 4.79 Å². The maximum absolute atomic E-state index is 12.2. The molecule has 0 saturated heterocycles. The van der Waals surface area contributed by atoms with Crippen LogP contribution in [0.1, 0.15) is 16.2 Å². The summed E-state index contributed by atoms with van der Waals surface area (Å²) >= 11 is 5.23. The van der Waals surface area contributed by atoms with E-state index in [2.05, 4.69) is 5.10 Å². The highest BCUT2D eigenvalue weighted by atomic mass is 35.5. The van der Waals surface area contributed by atoms with Gasteiger partial charge in [-0.15, -0.1) is 0 Å². The lowest BCUT2D eigenvalue weighted by Gasteiger charge is -2.05. The quantitative estimate of drug-likeness (QED) is 0.797. The molecule has 0 fully saturated rings. The summed E-state index contributed by atoms with van der Waals surface area (Å²) in [6.07, 6.45) is -4.72. The van der Waals surface area contributed by atoms with Crippen molar-refractivity contribution in [2.24, 2.45) is 7.05 Å². The molecule has 1 aromatic heterocycles. The second-order valence-electron chi connectivity index (χ2n) is 2.44. The number of aromatic nitrogens is 2. The highest BCUT2D eigenvalue weighted by Gasteiger charge is 2.39. The molecule has 8 heteroatoms. The molecule has 0 spiro atoms. The van der Waals surface area contributed by atoms with Gasteiger partial charge in [-0.05, 0) is 0 Å². The third-order valence-corrected chi connectivity index (χ3v) is 1.82. The summed E-state index contributed by atoms with van der Waals surface area (Å²) in [5.41, 5.74) is -2.07. The first-order valence-electron chi connectivity index (χ1n) is 3.28. The molecule has 0 saturated carbocycles. The van der Waals surface area contributed by atoms with E-state index in [1.54, 1.807) is 0 Å². The van der Waals surface area contributed by atoms with Crippen molar-refractivity contribution in [3.8, 4) is 0 Å². The van der Waals surface area contributed by atoms with E-state index in [1.165, 1.54) is 0 Å². The number of hydrogen-bond donors (Lipinski definition) is 1. The third-order valence-electron chi connectivity index (χ3n) is 1.46. The average Bonchev–Trinajstić information content (AvgIpc) is 2.24. The maximum Gasteiger partial charge on any atom is 0.434 e. The molecule has 1 N–H and O–H groups in total. The van der Waals surface area contributed by atoms with Crippen LogP contribution in [0.3, 0.4) is 0 Å². The lowest BCUT2D eigenvalue weighted by molar-refractivity contribution is -0.143. The Kier molecular flexibility index (Phi) is 2.45. The van der Waals surface area contributed by atoms with Crippen molar-refractivity contribution in [1.29, 1.82) is 0 Å². The van der Waals surface area contributed by atoms with Crippen molar-refractivity contribution in [2.45, 2.75) is 6.18 Å². The molecule has 0 aliphatic carbocycles. The van der Waals surface area contributed by atoms with E-state index in [9.17, 15) is 18.0 Å². The van der Waals surface area contributed by atoms with Crippen LogP contribution in [-0.2, 0) is 13.2 Å². The molecule has 0 aliphatic rings. The van der Waals surface area contributed by atoms with Crippen molar-refractivity contribution >= 4 is 17.6 Å². The van der Waals surface area contributed by atoms with E-state index >= 15 is 0 Å². The topological polar surface area (TPSA) is 55.1 Å². The van der Waals surface area contributed by atoms with Crippen LogP contribution in [0.4, 0.5) is 13.2 Å². The van der Waals surface area contributed by atoms with Crippen molar-refractivity contribution < 1.29 is 23.1 Å². The molecule has 0 aromatic carbocycles. The predicted molar refractivity (Wildman–Crippen MR) is 40.2 cm³/mol. The first kappa shape index (κ1) is 10.8. The summed E-state index contributed by atoms with van der Waals surface area (Å²) in [5.74, 6) is -1.60. The first-order chi connectivity index (χ1) is 6.25. The van der Waals surface area contributed by atoms with E-state index in [1.807, 2.05) is 0 Å². The van der Waals surface area contributed by atoms with Crippen LogP contribution < -0.4 is 0 Å². The Labute approximate surface area is 80.9 Å². The van der Waals surface area contributed by atoms with E-state index in [4.69, 9.17) is 16.7 Å². The fraction of sp³-hybridized carbons (Fsp3) is 0.333. The highest BCUT2D eigenvalue weighted by Crippen LogP contribution is 2.35. The smallest absolute Gasteiger partial charge is 0.434 e. The minimum absolute atomic E-state index is 0.395. The fourth-order valence-electron chi connectivity index (χ4n) is 0.943. The fourth-order valence-corrected chi connectivity index (χ4v) is 1.29. The Morgan fingerprint density at radius 3 is 2.29 bits per heavy atom. The molecular weight excluding hydrogens is 225 g/mol. The van der Waals surface area contributed by atoms with E-state index in [-0.39, 0.29) is 0 Å². The zero-order valence-corrected chi connectivity index (χ0v) is 7.52. The van der Waals surface area contributed by atoms with Gasteiger partial charge in [-0.3, -0.25) is 4.68 Å². The number of halogens is 4. The van der Waals surface area contributed by atoms with Gasteiger partial charge in [0.2, 0.25) is 0 Å².